The summed E-state index contributed by atoms with van der Waals surface area (Å²) in [5, 5.41) is 0. The van der Waals surface area contributed by atoms with E-state index in [2.05, 4.69) is 169 Å². The van der Waals surface area contributed by atoms with Gasteiger partial charge in [0.2, 0.25) is 0 Å². The summed E-state index contributed by atoms with van der Waals surface area (Å²) in [4.78, 5) is 19.2. The Morgan fingerprint density at radius 1 is 0.250 bits per heavy atom. The van der Waals surface area contributed by atoms with Crippen LogP contribution in [0.3, 0.4) is 0 Å². The zero-order valence-corrected chi connectivity index (χ0v) is 31.3. The second kappa shape index (κ2) is 15.2. The lowest BCUT2D eigenvalue weighted by Gasteiger charge is -2.12. The van der Waals surface area contributed by atoms with Crippen molar-refractivity contribution in [2.45, 2.75) is 13.8 Å². The molecule has 0 saturated heterocycles. The van der Waals surface area contributed by atoms with Gasteiger partial charge in [-0.25, -0.2) is 9.97 Å². The van der Waals surface area contributed by atoms with Crippen LogP contribution in [-0.2, 0) is 0 Å². The SMILES string of the molecule is Cc1cccc(-c2cc(-c3ccc(-c4ccc(-c5ccc(-c6cc(-c7cccc(C)c7)nc(-c7ccccn7)c6)cc5)cc4)cc3)cc(-c3ccccn3)n2)c1. The van der Waals surface area contributed by atoms with E-state index in [-0.39, 0.29) is 0 Å². The summed E-state index contributed by atoms with van der Waals surface area (Å²) in [5.74, 6) is 0. The lowest BCUT2D eigenvalue weighted by atomic mass is 9.96. The Morgan fingerprint density at radius 2 is 0.589 bits per heavy atom. The second-order valence-corrected chi connectivity index (χ2v) is 14.2. The first-order valence-electron chi connectivity index (χ1n) is 18.9. The Kier molecular flexibility index (Phi) is 9.36. The number of hydrogen-bond donors (Lipinski definition) is 0. The smallest absolute Gasteiger partial charge is 0.0899 e. The van der Waals surface area contributed by atoms with Crippen LogP contribution in [0.15, 0.2) is 194 Å². The van der Waals surface area contributed by atoms with Crippen molar-refractivity contribution in [1.29, 1.82) is 0 Å². The molecule has 9 rings (SSSR count). The van der Waals surface area contributed by atoms with Crippen molar-refractivity contribution in [2.24, 2.45) is 0 Å². The molecule has 0 amide bonds. The van der Waals surface area contributed by atoms with Crippen LogP contribution < -0.4 is 0 Å². The molecule has 0 N–H and O–H groups in total. The fourth-order valence-electron chi connectivity index (χ4n) is 7.16. The number of aromatic nitrogens is 4. The Labute approximate surface area is 327 Å². The molecule has 0 atom stereocenters. The molecule has 0 bridgehead atoms. The maximum absolute atomic E-state index is 5.02. The van der Waals surface area contributed by atoms with E-state index in [1.54, 1.807) is 0 Å². The van der Waals surface area contributed by atoms with E-state index >= 15 is 0 Å². The highest BCUT2D eigenvalue weighted by Crippen LogP contribution is 2.34. The normalized spacial score (nSPS) is 11.0. The van der Waals surface area contributed by atoms with Gasteiger partial charge in [0.25, 0.3) is 0 Å². The van der Waals surface area contributed by atoms with Crippen molar-refractivity contribution in [3.05, 3.63) is 206 Å². The summed E-state index contributed by atoms with van der Waals surface area (Å²) in [6.07, 6.45) is 3.63. The van der Waals surface area contributed by atoms with Gasteiger partial charge in [0, 0.05) is 23.5 Å². The van der Waals surface area contributed by atoms with Gasteiger partial charge in [-0.15, -0.1) is 0 Å². The van der Waals surface area contributed by atoms with Gasteiger partial charge in [0.1, 0.15) is 0 Å². The molecule has 0 radical (unpaired) electrons. The van der Waals surface area contributed by atoms with Crippen LogP contribution >= 0.6 is 0 Å². The molecular weight excluding hydrogens is 681 g/mol. The molecule has 4 heterocycles. The molecular formula is C52H38N4. The van der Waals surface area contributed by atoms with Crippen LogP contribution in [0.1, 0.15) is 11.1 Å². The van der Waals surface area contributed by atoms with Gasteiger partial charge in [-0.1, -0.05) is 132 Å². The summed E-state index contributed by atoms with van der Waals surface area (Å²) in [7, 11) is 0. The predicted molar refractivity (Wildman–Crippen MR) is 231 cm³/mol. The van der Waals surface area contributed by atoms with Crippen LogP contribution in [0.5, 0.6) is 0 Å². The molecule has 266 valence electrons. The molecule has 5 aromatic carbocycles. The van der Waals surface area contributed by atoms with Crippen molar-refractivity contribution < 1.29 is 0 Å². The molecule has 0 saturated carbocycles. The molecule has 0 aliphatic rings. The third-order valence-corrected chi connectivity index (χ3v) is 10.1. The molecule has 0 aliphatic heterocycles. The molecule has 0 fully saturated rings. The van der Waals surface area contributed by atoms with Crippen LogP contribution in [0.4, 0.5) is 0 Å². The first kappa shape index (κ1) is 34.5. The first-order chi connectivity index (χ1) is 27.5. The highest BCUT2D eigenvalue weighted by molar-refractivity contribution is 5.80. The fraction of sp³-hybridized carbons (Fsp3) is 0.0385. The summed E-state index contributed by atoms with van der Waals surface area (Å²) in [5.41, 5.74) is 19.0. The number of rotatable bonds is 8. The van der Waals surface area contributed by atoms with Gasteiger partial charge >= 0.3 is 0 Å². The van der Waals surface area contributed by atoms with E-state index in [0.29, 0.717) is 0 Å². The number of pyridine rings is 4. The quantitative estimate of drug-likeness (QED) is 0.157. The zero-order chi connectivity index (χ0) is 37.8. The zero-order valence-electron chi connectivity index (χ0n) is 31.3. The van der Waals surface area contributed by atoms with Crippen LogP contribution in [0.2, 0.25) is 0 Å². The van der Waals surface area contributed by atoms with E-state index < -0.39 is 0 Å². The van der Waals surface area contributed by atoms with Crippen molar-refractivity contribution in [1.82, 2.24) is 19.9 Å². The lowest BCUT2D eigenvalue weighted by molar-refractivity contribution is 1.25. The second-order valence-electron chi connectivity index (χ2n) is 14.2. The van der Waals surface area contributed by atoms with Gasteiger partial charge in [-0.3, -0.25) is 9.97 Å². The molecule has 4 aromatic heterocycles. The number of benzene rings is 5. The van der Waals surface area contributed by atoms with Crippen molar-refractivity contribution in [3.63, 3.8) is 0 Å². The number of nitrogens with zero attached hydrogens (tertiary/aromatic N) is 4. The summed E-state index contributed by atoms with van der Waals surface area (Å²) >= 11 is 0. The minimum Gasteiger partial charge on any atom is -0.255 e. The molecule has 0 spiro atoms. The standard InChI is InChI=1S/C52H38N4/c1-35-9-7-11-43(29-35)49-31-45(33-51(55-49)47-13-3-5-27-53-47)41-23-19-39(20-24-41)37-15-17-38(18-16-37)40-21-25-42(26-22-40)46-32-50(44-12-8-10-36(2)30-44)56-52(34-46)48-14-4-6-28-54-48/h3-34H,1-2H3. The third kappa shape index (κ3) is 7.41. The largest absolute Gasteiger partial charge is 0.255 e. The average Bonchev–Trinajstić information content (AvgIpc) is 3.27. The van der Waals surface area contributed by atoms with Crippen molar-refractivity contribution in [3.8, 4) is 89.8 Å². The van der Waals surface area contributed by atoms with Gasteiger partial charge in [0.05, 0.1) is 34.2 Å². The Morgan fingerprint density at radius 3 is 0.911 bits per heavy atom. The third-order valence-electron chi connectivity index (χ3n) is 10.1. The molecule has 56 heavy (non-hydrogen) atoms. The number of hydrogen-bond acceptors (Lipinski definition) is 4. The van der Waals surface area contributed by atoms with Crippen LogP contribution in [-0.4, -0.2) is 19.9 Å². The van der Waals surface area contributed by atoms with E-state index in [4.69, 9.17) is 9.97 Å². The van der Waals surface area contributed by atoms with E-state index in [1.807, 2.05) is 48.8 Å². The molecule has 0 aliphatic carbocycles. The fourth-order valence-corrected chi connectivity index (χ4v) is 7.16. The minimum absolute atomic E-state index is 0.856. The monoisotopic (exact) mass is 718 g/mol. The minimum atomic E-state index is 0.856. The average molecular weight is 719 g/mol. The molecule has 9 aromatic rings. The van der Waals surface area contributed by atoms with Crippen molar-refractivity contribution >= 4 is 0 Å². The van der Waals surface area contributed by atoms with Gasteiger partial charge < -0.3 is 0 Å². The van der Waals surface area contributed by atoms with Crippen molar-refractivity contribution in [2.75, 3.05) is 0 Å². The highest BCUT2D eigenvalue weighted by atomic mass is 14.8. The molecule has 4 nitrogen and oxygen atoms in total. The van der Waals surface area contributed by atoms with E-state index in [1.165, 1.54) is 33.4 Å². The maximum atomic E-state index is 5.02. The van der Waals surface area contributed by atoms with Crippen LogP contribution in [0.25, 0.3) is 89.8 Å². The first-order valence-corrected chi connectivity index (χ1v) is 18.9. The van der Waals surface area contributed by atoms with Gasteiger partial charge in [-0.2, -0.15) is 0 Å². The van der Waals surface area contributed by atoms with E-state index in [9.17, 15) is 0 Å². The maximum Gasteiger partial charge on any atom is 0.0899 e. The molecule has 0 unspecified atom stereocenters. The number of aryl methyl sites for hydroxylation is 2. The van der Waals surface area contributed by atoms with Gasteiger partial charge in [0.15, 0.2) is 0 Å². The van der Waals surface area contributed by atoms with E-state index in [0.717, 1.165) is 67.5 Å². The summed E-state index contributed by atoms with van der Waals surface area (Å²) < 4.78 is 0. The highest BCUT2D eigenvalue weighted by Gasteiger charge is 2.13. The Bertz CT molecular complexity index is 2580. The summed E-state index contributed by atoms with van der Waals surface area (Å²) in [6.45, 7) is 4.22. The summed E-state index contributed by atoms with van der Waals surface area (Å²) in [6, 6.07) is 63.9. The Balaban J connectivity index is 0.973. The topological polar surface area (TPSA) is 51.6 Å². The predicted octanol–water partition coefficient (Wildman–Crippen LogP) is 13.2. The van der Waals surface area contributed by atoms with Gasteiger partial charge in [-0.05, 0) is 119 Å². The molecule has 4 heteroatoms. The Hall–Kier alpha value is -7.30. The lowest BCUT2D eigenvalue weighted by Crippen LogP contribution is -1.93. The van der Waals surface area contributed by atoms with Crippen LogP contribution in [0, 0.1) is 13.8 Å².